The van der Waals surface area contributed by atoms with Crippen LogP contribution in [0.4, 0.5) is 4.79 Å². The molecule has 2 amide bonds. The first-order valence-corrected chi connectivity index (χ1v) is 6.07. The van der Waals surface area contributed by atoms with Gasteiger partial charge in [0.15, 0.2) is 0 Å². The predicted molar refractivity (Wildman–Crippen MR) is 69.6 cm³/mol. The van der Waals surface area contributed by atoms with Crippen LogP contribution in [-0.2, 0) is 18.4 Å². The molecule has 0 saturated carbocycles. The number of carbonyl (C=O) groups excluding carboxylic acids is 1. The number of aliphatic carboxylic acids is 1. The van der Waals surface area contributed by atoms with Crippen molar-refractivity contribution in [3.05, 3.63) is 17.5 Å². The smallest absolute Gasteiger partial charge is 0.326 e. The van der Waals surface area contributed by atoms with Gasteiger partial charge in [0.2, 0.25) is 0 Å². The summed E-state index contributed by atoms with van der Waals surface area (Å²) in [7, 11) is 1.82. The minimum absolute atomic E-state index is 0.177. The Hall–Kier alpha value is -2.05. The maximum absolute atomic E-state index is 11.6. The quantitative estimate of drug-likeness (QED) is 0.730. The van der Waals surface area contributed by atoms with E-state index >= 15 is 0 Å². The minimum atomic E-state index is -1.04. The lowest BCUT2D eigenvalue weighted by Gasteiger charge is -2.18. The molecule has 1 atom stereocenters. The number of carboxylic acid groups (broad SMARTS) is 1. The van der Waals surface area contributed by atoms with E-state index in [1.54, 1.807) is 24.7 Å². The van der Waals surface area contributed by atoms with Crippen LogP contribution in [0.5, 0.6) is 0 Å². The zero-order chi connectivity index (χ0) is 14.6. The molecule has 1 aromatic rings. The van der Waals surface area contributed by atoms with E-state index in [9.17, 15) is 9.59 Å². The molecular weight excluding hydrogens is 248 g/mol. The maximum Gasteiger partial charge on any atom is 0.326 e. The highest BCUT2D eigenvalue weighted by molar-refractivity contribution is 5.82. The van der Waals surface area contributed by atoms with E-state index in [1.165, 1.54) is 0 Å². The fourth-order valence-electron chi connectivity index (χ4n) is 1.60. The summed E-state index contributed by atoms with van der Waals surface area (Å²) < 4.78 is 1.71. The van der Waals surface area contributed by atoms with Crippen LogP contribution in [0.25, 0.3) is 0 Å². The number of nitrogens with zero attached hydrogens (tertiary/aromatic N) is 2. The summed E-state index contributed by atoms with van der Waals surface area (Å²) in [6.45, 7) is 5.70. The summed E-state index contributed by atoms with van der Waals surface area (Å²) in [5.74, 6) is -1.22. The molecule has 1 heterocycles. The van der Waals surface area contributed by atoms with Crippen molar-refractivity contribution in [1.82, 2.24) is 20.4 Å². The van der Waals surface area contributed by atoms with E-state index in [0.29, 0.717) is 6.54 Å². The minimum Gasteiger partial charge on any atom is -0.480 e. The average Bonchev–Trinajstić information content (AvgIpc) is 2.63. The van der Waals surface area contributed by atoms with Crippen molar-refractivity contribution in [3.8, 4) is 0 Å². The second-order valence-corrected chi connectivity index (χ2v) is 4.77. The van der Waals surface area contributed by atoms with Gasteiger partial charge in [-0.3, -0.25) is 4.68 Å². The Morgan fingerprint density at radius 2 is 2.11 bits per heavy atom. The summed E-state index contributed by atoms with van der Waals surface area (Å²) in [6, 6.07) is -1.39. The molecule has 1 rings (SSSR count). The van der Waals surface area contributed by atoms with Crippen molar-refractivity contribution in [2.24, 2.45) is 13.0 Å². The first kappa shape index (κ1) is 15.0. The first-order chi connectivity index (χ1) is 8.82. The predicted octanol–water partition coefficient (Wildman–Crippen LogP) is 0.637. The standard InChI is InChI=1S/C12H20N4O3/c1-7(2)10(11(17)18)15-12(19)13-5-9-6-14-16(4)8(9)3/h6-7,10H,5H2,1-4H3,(H,17,18)(H2,13,15,19)/t10-/m0/s1. The van der Waals surface area contributed by atoms with E-state index in [2.05, 4.69) is 15.7 Å². The van der Waals surface area contributed by atoms with Crippen LogP contribution in [-0.4, -0.2) is 32.9 Å². The molecule has 0 aliphatic carbocycles. The van der Waals surface area contributed by atoms with Crippen molar-refractivity contribution < 1.29 is 14.7 Å². The molecule has 0 bridgehead atoms. The molecule has 7 nitrogen and oxygen atoms in total. The summed E-state index contributed by atoms with van der Waals surface area (Å²) in [4.78, 5) is 22.6. The SMILES string of the molecule is Cc1c(CNC(=O)N[C@H](C(=O)O)C(C)C)cnn1C. The third kappa shape index (κ3) is 3.97. The third-order valence-corrected chi connectivity index (χ3v) is 3.00. The molecule has 0 aliphatic rings. The van der Waals surface area contributed by atoms with Gasteiger partial charge in [-0.2, -0.15) is 5.10 Å². The average molecular weight is 268 g/mol. The summed E-state index contributed by atoms with van der Waals surface area (Å²) in [6.07, 6.45) is 1.67. The fourth-order valence-corrected chi connectivity index (χ4v) is 1.60. The third-order valence-electron chi connectivity index (χ3n) is 3.00. The topological polar surface area (TPSA) is 96.2 Å². The Bertz CT molecular complexity index is 468. The molecule has 7 heteroatoms. The number of aromatic nitrogens is 2. The van der Waals surface area contributed by atoms with Crippen LogP contribution in [0, 0.1) is 12.8 Å². The number of hydrogen-bond acceptors (Lipinski definition) is 3. The highest BCUT2D eigenvalue weighted by Crippen LogP contribution is 2.05. The summed E-state index contributed by atoms with van der Waals surface area (Å²) in [5, 5.41) is 18.1. The molecular formula is C12H20N4O3. The Morgan fingerprint density at radius 1 is 1.47 bits per heavy atom. The number of carbonyl (C=O) groups is 2. The summed E-state index contributed by atoms with van der Waals surface area (Å²) >= 11 is 0. The van der Waals surface area contributed by atoms with Gasteiger partial charge in [0, 0.05) is 24.8 Å². The molecule has 3 N–H and O–H groups in total. The van der Waals surface area contributed by atoms with Crippen LogP contribution >= 0.6 is 0 Å². The van der Waals surface area contributed by atoms with E-state index < -0.39 is 18.0 Å². The lowest BCUT2D eigenvalue weighted by Crippen LogP contribution is -2.48. The van der Waals surface area contributed by atoms with Crippen molar-refractivity contribution in [1.29, 1.82) is 0 Å². The van der Waals surface area contributed by atoms with Crippen molar-refractivity contribution in [3.63, 3.8) is 0 Å². The van der Waals surface area contributed by atoms with Crippen LogP contribution in [0.2, 0.25) is 0 Å². The number of hydrogen-bond donors (Lipinski definition) is 3. The number of aryl methyl sites for hydroxylation is 1. The van der Waals surface area contributed by atoms with Gasteiger partial charge in [-0.1, -0.05) is 13.8 Å². The van der Waals surface area contributed by atoms with Gasteiger partial charge in [-0.15, -0.1) is 0 Å². The zero-order valence-corrected chi connectivity index (χ0v) is 11.6. The number of amides is 2. The molecule has 0 spiro atoms. The molecule has 0 saturated heterocycles. The molecule has 19 heavy (non-hydrogen) atoms. The van der Waals surface area contributed by atoms with Gasteiger partial charge in [-0.25, -0.2) is 9.59 Å². The van der Waals surface area contributed by atoms with Crippen LogP contribution in [0.3, 0.4) is 0 Å². The van der Waals surface area contributed by atoms with Gasteiger partial charge in [0.05, 0.1) is 6.20 Å². The van der Waals surface area contributed by atoms with Crippen molar-refractivity contribution in [2.75, 3.05) is 0 Å². The van der Waals surface area contributed by atoms with Crippen LogP contribution < -0.4 is 10.6 Å². The Balaban J connectivity index is 2.52. The molecule has 0 unspecified atom stereocenters. The summed E-state index contributed by atoms with van der Waals surface area (Å²) in [5.41, 5.74) is 1.85. The number of rotatable bonds is 5. The fraction of sp³-hybridized carbons (Fsp3) is 0.583. The molecule has 1 aromatic heterocycles. The lowest BCUT2D eigenvalue weighted by atomic mass is 10.1. The zero-order valence-electron chi connectivity index (χ0n) is 11.6. The van der Waals surface area contributed by atoms with Crippen molar-refractivity contribution in [2.45, 2.75) is 33.4 Å². The molecule has 106 valence electrons. The number of urea groups is 1. The second kappa shape index (κ2) is 6.21. The van der Waals surface area contributed by atoms with Gasteiger partial charge < -0.3 is 15.7 Å². The van der Waals surface area contributed by atoms with Gasteiger partial charge in [-0.05, 0) is 12.8 Å². The molecule has 0 aliphatic heterocycles. The molecule has 0 aromatic carbocycles. The Kier molecular flexibility index (Phi) is 4.91. The van der Waals surface area contributed by atoms with Crippen molar-refractivity contribution >= 4 is 12.0 Å². The van der Waals surface area contributed by atoms with Crippen LogP contribution in [0.1, 0.15) is 25.1 Å². The Labute approximate surface area is 112 Å². The van der Waals surface area contributed by atoms with E-state index in [4.69, 9.17) is 5.11 Å². The van der Waals surface area contributed by atoms with Gasteiger partial charge >= 0.3 is 12.0 Å². The molecule has 0 radical (unpaired) electrons. The highest BCUT2D eigenvalue weighted by atomic mass is 16.4. The lowest BCUT2D eigenvalue weighted by molar-refractivity contribution is -0.140. The molecule has 0 fully saturated rings. The normalized spacial score (nSPS) is 12.3. The maximum atomic E-state index is 11.6. The van der Waals surface area contributed by atoms with Gasteiger partial charge in [0.1, 0.15) is 6.04 Å². The van der Waals surface area contributed by atoms with E-state index in [1.807, 2.05) is 14.0 Å². The second-order valence-electron chi connectivity index (χ2n) is 4.77. The van der Waals surface area contributed by atoms with Crippen LogP contribution in [0.15, 0.2) is 6.20 Å². The van der Waals surface area contributed by atoms with E-state index in [-0.39, 0.29) is 5.92 Å². The monoisotopic (exact) mass is 268 g/mol. The van der Waals surface area contributed by atoms with Gasteiger partial charge in [0.25, 0.3) is 0 Å². The Morgan fingerprint density at radius 3 is 2.53 bits per heavy atom. The first-order valence-electron chi connectivity index (χ1n) is 6.07. The van der Waals surface area contributed by atoms with E-state index in [0.717, 1.165) is 11.3 Å². The largest absolute Gasteiger partial charge is 0.480 e. The number of carboxylic acids is 1. The number of nitrogens with one attached hydrogen (secondary N) is 2. The highest BCUT2D eigenvalue weighted by Gasteiger charge is 2.23.